The molecule has 5 rings (SSSR count). The van der Waals surface area contributed by atoms with Crippen LogP contribution in [0.4, 0.5) is 0 Å². The predicted molar refractivity (Wildman–Crippen MR) is 121 cm³/mol. The highest BCUT2D eigenvalue weighted by Crippen LogP contribution is 2.63. The highest BCUT2D eigenvalue weighted by atomic mass is 31.2. The largest absolute Gasteiger partial charge is 0.369 e. The number of hydrogen-bond donors (Lipinski definition) is 0. The normalized spacial score (nSPS) is 34.3. The first-order valence-corrected chi connectivity index (χ1v) is 13.3. The van der Waals surface area contributed by atoms with Gasteiger partial charge < -0.3 is 9.30 Å². The van der Waals surface area contributed by atoms with Gasteiger partial charge in [0.05, 0.1) is 12.2 Å². The lowest BCUT2D eigenvalue weighted by atomic mass is 9.62. The van der Waals surface area contributed by atoms with Crippen LogP contribution in [-0.2, 0) is 9.30 Å². The Balaban J connectivity index is 1.36. The third kappa shape index (κ3) is 3.33. The van der Waals surface area contributed by atoms with Gasteiger partial charge in [0.1, 0.15) is 7.14 Å². The van der Waals surface area contributed by atoms with E-state index < -0.39 is 7.14 Å². The maximum absolute atomic E-state index is 14.3. The smallest absolute Gasteiger partial charge is 0.143 e. The molecule has 3 fully saturated rings. The van der Waals surface area contributed by atoms with Gasteiger partial charge in [-0.2, -0.15) is 0 Å². The Kier molecular flexibility index (Phi) is 5.00. The van der Waals surface area contributed by atoms with Crippen LogP contribution in [0.25, 0.3) is 0 Å². The van der Waals surface area contributed by atoms with Crippen LogP contribution in [0.2, 0.25) is 0 Å². The van der Waals surface area contributed by atoms with Crippen LogP contribution in [0.15, 0.2) is 60.7 Å². The number of rotatable bonds is 6. The molecule has 154 valence electrons. The first kappa shape index (κ1) is 19.6. The van der Waals surface area contributed by atoms with Gasteiger partial charge >= 0.3 is 0 Å². The fourth-order valence-corrected chi connectivity index (χ4v) is 9.56. The topological polar surface area (TPSA) is 29.6 Å². The van der Waals surface area contributed by atoms with Gasteiger partial charge in [-0.15, -0.1) is 0 Å². The van der Waals surface area contributed by atoms with Crippen molar-refractivity contribution in [1.29, 1.82) is 0 Å². The third-order valence-electron chi connectivity index (χ3n) is 8.40. The third-order valence-corrected chi connectivity index (χ3v) is 11.6. The van der Waals surface area contributed by atoms with Crippen molar-refractivity contribution < 1.29 is 9.30 Å². The quantitative estimate of drug-likeness (QED) is 0.459. The van der Waals surface area contributed by atoms with E-state index in [0.717, 1.165) is 35.0 Å². The van der Waals surface area contributed by atoms with Crippen molar-refractivity contribution in [2.45, 2.75) is 58.2 Å². The van der Waals surface area contributed by atoms with E-state index in [1.807, 2.05) is 36.4 Å². The minimum atomic E-state index is -2.61. The summed E-state index contributed by atoms with van der Waals surface area (Å²) in [7, 11) is -2.61. The maximum Gasteiger partial charge on any atom is 0.143 e. The molecular weight excluding hydrogens is 375 g/mol. The highest BCUT2D eigenvalue weighted by Gasteiger charge is 2.61. The highest BCUT2D eigenvalue weighted by molar-refractivity contribution is 7.78. The van der Waals surface area contributed by atoms with Crippen LogP contribution in [0.3, 0.4) is 0 Å². The van der Waals surface area contributed by atoms with Gasteiger partial charge in [-0.05, 0) is 55.3 Å². The molecule has 0 radical (unpaired) electrons. The van der Waals surface area contributed by atoms with Crippen molar-refractivity contribution in [3.63, 3.8) is 0 Å². The van der Waals surface area contributed by atoms with Gasteiger partial charge in [-0.3, -0.25) is 0 Å². The second-order valence-corrected chi connectivity index (χ2v) is 12.8. The van der Waals surface area contributed by atoms with E-state index in [1.54, 1.807) is 0 Å². The first-order valence-electron chi connectivity index (χ1n) is 11.4. The summed E-state index contributed by atoms with van der Waals surface area (Å²) in [6.45, 7) is 4.94. The van der Waals surface area contributed by atoms with E-state index in [9.17, 15) is 4.57 Å². The molecule has 1 heterocycles. The summed E-state index contributed by atoms with van der Waals surface area (Å²) in [5, 5.41) is 2.00. The van der Waals surface area contributed by atoms with Gasteiger partial charge in [0, 0.05) is 16.8 Å². The Labute approximate surface area is 175 Å². The number of benzene rings is 2. The molecule has 0 bridgehead atoms. The second kappa shape index (κ2) is 7.40. The molecule has 0 N–H and O–H groups in total. The van der Waals surface area contributed by atoms with Crippen molar-refractivity contribution in [3.8, 4) is 0 Å². The van der Waals surface area contributed by atoms with E-state index in [-0.39, 0.29) is 0 Å². The summed E-state index contributed by atoms with van der Waals surface area (Å²) in [4.78, 5) is 0. The molecule has 1 aliphatic heterocycles. The summed E-state index contributed by atoms with van der Waals surface area (Å²) in [6.07, 6.45) is 8.10. The Morgan fingerprint density at radius 3 is 2.24 bits per heavy atom. The van der Waals surface area contributed by atoms with Gasteiger partial charge in [-0.25, -0.2) is 0 Å². The van der Waals surface area contributed by atoms with E-state index in [0.29, 0.717) is 23.5 Å². The zero-order valence-corrected chi connectivity index (χ0v) is 18.6. The molecule has 29 heavy (non-hydrogen) atoms. The minimum absolute atomic E-state index is 0.417. The Morgan fingerprint density at radius 2 is 1.62 bits per heavy atom. The first-order chi connectivity index (χ1) is 14.0. The summed E-state index contributed by atoms with van der Waals surface area (Å²) in [6, 6.07) is 20.3. The minimum Gasteiger partial charge on any atom is -0.369 e. The predicted octanol–water partition coefficient (Wildman–Crippen LogP) is 5.62. The maximum atomic E-state index is 14.3. The summed E-state index contributed by atoms with van der Waals surface area (Å²) in [5.74, 6) is 2.09. The van der Waals surface area contributed by atoms with Crippen LogP contribution < -0.4 is 10.6 Å². The molecule has 1 saturated heterocycles. The fraction of sp³-hybridized carbons (Fsp3) is 0.538. The lowest BCUT2D eigenvalue weighted by Crippen LogP contribution is -2.38. The van der Waals surface area contributed by atoms with Crippen molar-refractivity contribution >= 4 is 17.8 Å². The molecule has 0 aromatic heterocycles. The summed E-state index contributed by atoms with van der Waals surface area (Å²) >= 11 is 0. The molecule has 6 atom stereocenters. The molecular formula is C26H33O2P. The van der Waals surface area contributed by atoms with E-state index in [1.165, 1.54) is 25.7 Å². The van der Waals surface area contributed by atoms with Gasteiger partial charge in [0.2, 0.25) is 0 Å². The van der Waals surface area contributed by atoms with Crippen LogP contribution >= 0.6 is 7.14 Å². The Hall–Kier alpha value is -1.37. The van der Waals surface area contributed by atoms with Crippen LogP contribution in [0, 0.1) is 23.2 Å². The average Bonchev–Trinajstić information content (AvgIpc) is 3.46. The molecule has 0 amide bonds. The molecule has 3 heteroatoms. The standard InChI is InChI=1S/C26H33O2P/c1-19(22-13-14-23-25-24(28-25)15-17-26(22,23)2)16-18-29(27,20-9-5-3-6-10-20)21-11-7-4-8-12-21/h3-12,19,22-25H,13-18H2,1-2H3/t19-,22-,23+,24+,25-,26-/m1/s1. The number of fused-ring (bicyclic) bond motifs is 3. The lowest BCUT2D eigenvalue weighted by Gasteiger charge is -2.42. The summed E-state index contributed by atoms with van der Waals surface area (Å²) < 4.78 is 20.3. The van der Waals surface area contributed by atoms with E-state index >= 15 is 0 Å². The Bertz CT molecular complexity index is 852. The van der Waals surface area contributed by atoms with Crippen molar-refractivity contribution in [2.75, 3.05) is 6.16 Å². The molecule has 2 aromatic rings. The van der Waals surface area contributed by atoms with Crippen molar-refractivity contribution in [1.82, 2.24) is 0 Å². The molecule has 0 unspecified atom stereocenters. The van der Waals surface area contributed by atoms with Crippen LogP contribution in [0.5, 0.6) is 0 Å². The monoisotopic (exact) mass is 408 g/mol. The molecule has 2 aromatic carbocycles. The zero-order valence-electron chi connectivity index (χ0n) is 17.7. The van der Waals surface area contributed by atoms with Crippen molar-refractivity contribution in [2.24, 2.45) is 23.2 Å². The van der Waals surface area contributed by atoms with Crippen LogP contribution in [-0.4, -0.2) is 18.4 Å². The number of hydrogen-bond acceptors (Lipinski definition) is 2. The van der Waals surface area contributed by atoms with Crippen molar-refractivity contribution in [3.05, 3.63) is 60.7 Å². The van der Waals surface area contributed by atoms with Gasteiger partial charge in [-0.1, -0.05) is 74.5 Å². The zero-order chi connectivity index (χ0) is 20.1. The second-order valence-electron chi connectivity index (χ2n) is 9.87. The fourth-order valence-electron chi connectivity index (χ4n) is 6.67. The number of epoxide rings is 1. The van der Waals surface area contributed by atoms with Gasteiger partial charge in [0.25, 0.3) is 0 Å². The molecule has 0 spiro atoms. The Morgan fingerprint density at radius 1 is 1.00 bits per heavy atom. The van der Waals surface area contributed by atoms with Gasteiger partial charge in [0.15, 0.2) is 0 Å². The molecule has 3 aliphatic rings. The molecule has 2 nitrogen and oxygen atoms in total. The summed E-state index contributed by atoms with van der Waals surface area (Å²) in [5.41, 5.74) is 0.417. The SMILES string of the molecule is C[C@H](CCP(=O)(c1ccccc1)c1ccccc1)[C@H]1CC[C@H]2[C@H]3O[C@H]3CC[C@]12C. The lowest BCUT2D eigenvalue weighted by molar-refractivity contribution is 0.0779. The average molecular weight is 409 g/mol. The van der Waals surface area contributed by atoms with Crippen LogP contribution in [0.1, 0.15) is 46.0 Å². The molecule has 2 saturated carbocycles. The molecule has 2 aliphatic carbocycles. The number of ether oxygens (including phenoxy) is 1. The van der Waals surface area contributed by atoms with E-state index in [4.69, 9.17) is 4.74 Å². The van der Waals surface area contributed by atoms with E-state index in [2.05, 4.69) is 38.1 Å².